The molecule has 35 heavy (non-hydrogen) atoms. The van der Waals surface area contributed by atoms with Gasteiger partial charge in [-0.1, -0.05) is 12.1 Å². The molecule has 1 aliphatic heterocycles. The Labute approximate surface area is 205 Å². The van der Waals surface area contributed by atoms with Crippen molar-refractivity contribution in [3.05, 3.63) is 54.1 Å². The molecule has 1 saturated heterocycles. The van der Waals surface area contributed by atoms with E-state index >= 15 is 0 Å². The summed E-state index contributed by atoms with van der Waals surface area (Å²) in [5.74, 6) is 3.34. The van der Waals surface area contributed by atoms with E-state index in [0.29, 0.717) is 55.5 Å². The predicted molar refractivity (Wildman–Crippen MR) is 133 cm³/mol. The highest BCUT2D eigenvalue weighted by Crippen LogP contribution is 2.40. The highest BCUT2D eigenvalue weighted by molar-refractivity contribution is 5.79. The van der Waals surface area contributed by atoms with Gasteiger partial charge >= 0.3 is 0 Å². The van der Waals surface area contributed by atoms with Gasteiger partial charge in [-0.2, -0.15) is 0 Å². The molecule has 0 radical (unpaired) electrons. The van der Waals surface area contributed by atoms with Crippen molar-refractivity contribution in [2.24, 2.45) is 0 Å². The summed E-state index contributed by atoms with van der Waals surface area (Å²) in [6.07, 6.45) is 0.382. The molecule has 0 N–H and O–H groups in total. The van der Waals surface area contributed by atoms with Crippen LogP contribution >= 0.6 is 0 Å². The summed E-state index contributed by atoms with van der Waals surface area (Å²) in [6.45, 7) is 2.69. The fraction of sp³-hybridized carbons (Fsp3) is 0.346. The summed E-state index contributed by atoms with van der Waals surface area (Å²) in [5.41, 5.74) is 2.49. The molecule has 3 aromatic rings. The minimum absolute atomic E-state index is 0.124. The number of carbonyl (C=O) groups excluding carboxylic acids is 1. The quantitative estimate of drug-likeness (QED) is 0.488. The third-order valence-corrected chi connectivity index (χ3v) is 6.08. The molecule has 1 fully saturated rings. The number of hydrogen-bond donors (Lipinski definition) is 0. The first kappa shape index (κ1) is 24.1. The lowest BCUT2D eigenvalue weighted by molar-refractivity contribution is -0.130. The van der Waals surface area contributed by atoms with Gasteiger partial charge in [0, 0.05) is 31.7 Å². The average Bonchev–Trinajstić information content (AvgIpc) is 2.92. The number of methoxy groups -OCH3 is 4. The van der Waals surface area contributed by atoms with Crippen molar-refractivity contribution in [2.75, 3.05) is 59.5 Å². The summed E-state index contributed by atoms with van der Waals surface area (Å²) >= 11 is 0. The maximum absolute atomic E-state index is 12.7. The fourth-order valence-electron chi connectivity index (χ4n) is 4.09. The number of nitrogens with zero attached hydrogens (tertiary/aromatic N) is 4. The van der Waals surface area contributed by atoms with Crippen LogP contribution in [0.5, 0.6) is 23.0 Å². The third kappa shape index (κ3) is 5.40. The van der Waals surface area contributed by atoms with Crippen molar-refractivity contribution >= 4 is 11.7 Å². The Balaban J connectivity index is 1.38. The number of carbonyl (C=O) groups is 1. The molecule has 4 rings (SSSR count). The summed E-state index contributed by atoms with van der Waals surface area (Å²) in [4.78, 5) is 16.8. The molecule has 2 aromatic carbocycles. The number of piperazine rings is 1. The molecular weight excluding hydrogens is 448 g/mol. The van der Waals surface area contributed by atoms with Gasteiger partial charge in [-0.05, 0) is 42.0 Å². The van der Waals surface area contributed by atoms with Gasteiger partial charge < -0.3 is 28.7 Å². The smallest absolute Gasteiger partial charge is 0.227 e. The summed E-state index contributed by atoms with van der Waals surface area (Å²) in [5, 5.41) is 8.85. The molecule has 0 spiro atoms. The van der Waals surface area contributed by atoms with E-state index in [1.54, 1.807) is 28.4 Å². The number of amides is 1. The van der Waals surface area contributed by atoms with Crippen molar-refractivity contribution < 1.29 is 23.7 Å². The van der Waals surface area contributed by atoms with E-state index in [-0.39, 0.29) is 5.91 Å². The van der Waals surface area contributed by atoms with E-state index < -0.39 is 0 Å². The van der Waals surface area contributed by atoms with Crippen LogP contribution in [0.2, 0.25) is 0 Å². The number of benzene rings is 2. The van der Waals surface area contributed by atoms with Crippen LogP contribution in [0.1, 0.15) is 5.56 Å². The van der Waals surface area contributed by atoms with Crippen molar-refractivity contribution in [3.8, 4) is 34.3 Å². The van der Waals surface area contributed by atoms with E-state index in [4.69, 9.17) is 18.9 Å². The molecule has 0 unspecified atom stereocenters. The van der Waals surface area contributed by atoms with Gasteiger partial charge in [0.05, 0.1) is 40.6 Å². The molecule has 2 heterocycles. The summed E-state index contributed by atoms with van der Waals surface area (Å²) in [6, 6.07) is 15.2. The topological polar surface area (TPSA) is 86.3 Å². The van der Waals surface area contributed by atoms with Crippen LogP contribution in [0.15, 0.2) is 48.5 Å². The van der Waals surface area contributed by atoms with Crippen LogP contribution in [0.3, 0.4) is 0 Å². The Hall–Kier alpha value is -4.01. The zero-order valence-electron chi connectivity index (χ0n) is 20.5. The second kappa shape index (κ2) is 10.9. The molecule has 184 valence electrons. The predicted octanol–water partition coefficient (Wildman–Crippen LogP) is 3.07. The molecule has 9 heteroatoms. The van der Waals surface area contributed by atoms with Crippen molar-refractivity contribution in [1.29, 1.82) is 0 Å². The van der Waals surface area contributed by atoms with Crippen LogP contribution in [-0.2, 0) is 11.2 Å². The van der Waals surface area contributed by atoms with E-state index in [1.807, 2.05) is 53.4 Å². The van der Waals surface area contributed by atoms with Gasteiger partial charge in [0.25, 0.3) is 0 Å². The Morgan fingerprint density at radius 3 is 1.97 bits per heavy atom. The summed E-state index contributed by atoms with van der Waals surface area (Å²) in [7, 11) is 6.36. The third-order valence-electron chi connectivity index (χ3n) is 6.08. The number of anilines is 1. The van der Waals surface area contributed by atoms with Crippen LogP contribution < -0.4 is 23.8 Å². The first-order valence-corrected chi connectivity index (χ1v) is 11.4. The standard InChI is InChI=1S/C26H30N4O5/c1-32-20-7-5-18(6-8-20)15-25(31)30-13-11-29(12-14-30)24-10-9-21(27-28-24)19-16-22(33-2)26(35-4)23(17-19)34-3/h5-10,16-17H,11-15H2,1-4H3. The lowest BCUT2D eigenvalue weighted by Gasteiger charge is -2.35. The molecule has 1 amide bonds. The molecule has 0 bridgehead atoms. The SMILES string of the molecule is COc1ccc(CC(=O)N2CCN(c3ccc(-c4cc(OC)c(OC)c(OC)c4)nn3)CC2)cc1. The average molecular weight is 479 g/mol. The first-order chi connectivity index (χ1) is 17.1. The largest absolute Gasteiger partial charge is 0.497 e. The van der Waals surface area contributed by atoms with Crippen LogP contribution in [0.4, 0.5) is 5.82 Å². The van der Waals surface area contributed by atoms with Crippen molar-refractivity contribution in [3.63, 3.8) is 0 Å². The zero-order chi connectivity index (χ0) is 24.8. The summed E-state index contributed by atoms with van der Waals surface area (Å²) < 4.78 is 21.4. The highest BCUT2D eigenvalue weighted by Gasteiger charge is 2.22. The van der Waals surface area contributed by atoms with Gasteiger partial charge in [0.2, 0.25) is 11.7 Å². The monoisotopic (exact) mass is 478 g/mol. The van der Waals surface area contributed by atoms with Crippen molar-refractivity contribution in [2.45, 2.75) is 6.42 Å². The Kier molecular flexibility index (Phi) is 7.54. The lowest BCUT2D eigenvalue weighted by atomic mass is 10.1. The van der Waals surface area contributed by atoms with E-state index in [2.05, 4.69) is 15.1 Å². The lowest BCUT2D eigenvalue weighted by Crippen LogP contribution is -2.49. The number of ether oxygens (including phenoxy) is 4. The zero-order valence-corrected chi connectivity index (χ0v) is 20.5. The number of aromatic nitrogens is 2. The maximum atomic E-state index is 12.7. The maximum Gasteiger partial charge on any atom is 0.227 e. The highest BCUT2D eigenvalue weighted by atomic mass is 16.5. The first-order valence-electron chi connectivity index (χ1n) is 11.4. The molecule has 1 aromatic heterocycles. The van der Waals surface area contributed by atoms with Gasteiger partial charge in [-0.25, -0.2) is 0 Å². The fourth-order valence-corrected chi connectivity index (χ4v) is 4.09. The van der Waals surface area contributed by atoms with Gasteiger partial charge in [-0.15, -0.1) is 10.2 Å². The minimum Gasteiger partial charge on any atom is -0.497 e. The molecular formula is C26H30N4O5. The number of hydrogen-bond acceptors (Lipinski definition) is 8. The van der Waals surface area contributed by atoms with E-state index in [1.165, 1.54) is 0 Å². The Bertz CT molecular complexity index is 1120. The van der Waals surface area contributed by atoms with Crippen LogP contribution in [-0.4, -0.2) is 75.6 Å². The Morgan fingerprint density at radius 2 is 1.46 bits per heavy atom. The van der Waals surface area contributed by atoms with E-state index in [0.717, 1.165) is 22.7 Å². The number of rotatable bonds is 8. The normalized spacial score (nSPS) is 13.4. The Morgan fingerprint density at radius 1 is 0.800 bits per heavy atom. The second-order valence-electron chi connectivity index (χ2n) is 8.08. The minimum atomic E-state index is 0.124. The molecule has 0 saturated carbocycles. The molecule has 9 nitrogen and oxygen atoms in total. The van der Waals surface area contributed by atoms with Crippen LogP contribution in [0, 0.1) is 0 Å². The molecule has 0 aliphatic carbocycles. The van der Waals surface area contributed by atoms with E-state index in [9.17, 15) is 4.79 Å². The second-order valence-corrected chi connectivity index (χ2v) is 8.08. The van der Waals surface area contributed by atoms with Crippen LogP contribution in [0.25, 0.3) is 11.3 Å². The van der Waals surface area contributed by atoms with Gasteiger partial charge in [0.15, 0.2) is 17.3 Å². The van der Waals surface area contributed by atoms with Gasteiger partial charge in [0.1, 0.15) is 5.75 Å². The molecule has 0 atom stereocenters. The van der Waals surface area contributed by atoms with Gasteiger partial charge in [-0.3, -0.25) is 4.79 Å². The molecule has 1 aliphatic rings. The van der Waals surface area contributed by atoms with Crippen molar-refractivity contribution in [1.82, 2.24) is 15.1 Å².